The van der Waals surface area contributed by atoms with Crippen molar-refractivity contribution in [2.75, 3.05) is 11.5 Å². The minimum atomic E-state index is -0.832. The molecule has 4 nitrogen and oxygen atoms in total. The molecule has 0 atom stereocenters. The molecule has 28 heavy (non-hydrogen) atoms. The fraction of sp³-hybridized carbons (Fsp3) is 0.435. The summed E-state index contributed by atoms with van der Waals surface area (Å²) in [5, 5.41) is 20.0. The summed E-state index contributed by atoms with van der Waals surface area (Å²) in [6.45, 7) is 2.25. The van der Waals surface area contributed by atoms with Gasteiger partial charge in [-0.25, -0.2) is 0 Å². The molecule has 0 bridgehead atoms. The normalized spacial score (nSPS) is 24.6. The minimum absolute atomic E-state index is 0.146. The summed E-state index contributed by atoms with van der Waals surface area (Å²) in [5.41, 5.74) is 0.219. The van der Waals surface area contributed by atoms with Gasteiger partial charge in [-0.3, -0.25) is 4.79 Å². The number of carboxylic acid groups (broad SMARTS) is 1. The van der Waals surface area contributed by atoms with Gasteiger partial charge in [0, 0.05) is 5.75 Å². The highest BCUT2D eigenvalue weighted by Crippen LogP contribution is 2.47. The number of rotatable bonds is 8. The lowest BCUT2D eigenvalue weighted by atomic mass is 9.68. The fourth-order valence-corrected chi connectivity index (χ4v) is 4.90. The molecule has 0 saturated heterocycles. The van der Waals surface area contributed by atoms with Crippen molar-refractivity contribution < 1.29 is 19.7 Å². The predicted molar refractivity (Wildman–Crippen MR) is 113 cm³/mol. The van der Waals surface area contributed by atoms with Crippen LogP contribution in [0.15, 0.2) is 54.6 Å². The SMILES string of the molecule is CC1(CSCCC(=O)O)CCC(O)(c2cccc(Oc3ccccc3)c2)CC1. The quantitative estimate of drug-likeness (QED) is 0.576. The lowest BCUT2D eigenvalue weighted by Gasteiger charge is -2.42. The molecule has 1 aliphatic carbocycles. The van der Waals surface area contributed by atoms with E-state index >= 15 is 0 Å². The Morgan fingerprint density at radius 1 is 1.04 bits per heavy atom. The largest absolute Gasteiger partial charge is 0.481 e. The molecule has 0 radical (unpaired) electrons. The molecule has 0 heterocycles. The van der Waals surface area contributed by atoms with Crippen LogP contribution in [0, 0.1) is 5.41 Å². The molecule has 150 valence electrons. The summed E-state index contributed by atoms with van der Waals surface area (Å²) in [7, 11) is 0. The zero-order valence-electron chi connectivity index (χ0n) is 16.3. The van der Waals surface area contributed by atoms with Crippen molar-refractivity contribution in [1.82, 2.24) is 0 Å². The first-order valence-electron chi connectivity index (χ1n) is 9.74. The molecule has 0 amide bonds. The van der Waals surface area contributed by atoms with E-state index in [1.165, 1.54) is 0 Å². The third-order valence-electron chi connectivity index (χ3n) is 5.55. The Kier molecular flexibility index (Phi) is 6.68. The summed E-state index contributed by atoms with van der Waals surface area (Å²) in [6, 6.07) is 17.4. The second kappa shape index (κ2) is 9.01. The van der Waals surface area contributed by atoms with Crippen LogP contribution in [0.5, 0.6) is 11.5 Å². The minimum Gasteiger partial charge on any atom is -0.481 e. The predicted octanol–water partition coefficient (Wildman–Crippen LogP) is 5.45. The summed E-state index contributed by atoms with van der Waals surface area (Å²) in [5.74, 6) is 2.35. The number of thioether (sulfide) groups is 1. The van der Waals surface area contributed by atoms with Gasteiger partial charge < -0.3 is 14.9 Å². The van der Waals surface area contributed by atoms with Crippen LogP contribution in [0.3, 0.4) is 0 Å². The number of hydrogen-bond donors (Lipinski definition) is 2. The highest BCUT2D eigenvalue weighted by atomic mass is 32.2. The first-order valence-corrected chi connectivity index (χ1v) is 10.9. The molecule has 2 aromatic rings. The van der Waals surface area contributed by atoms with E-state index in [1.807, 2.05) is 54.6 Å². The molecule has 0 spiro atoms. The molecule has 1 saturated carbocycles. The first kappa shape index (κ1) is 20.7. The molecule has 0 unspecified atom stereocenters. The molecule has 1 fully saturated rings. The number of ether oxygens (including phenoxy) is 1. The molecular weight excluding hydrogens is 372 g/mol. The number of aliphatic carboxylic acids is 1. The van der Waals surface area contributed by atoms with Crippen LogP contribution in [0.1, 0.15) is 44.6 Å². The van der Waals surface area contributed by atoms with Gasteiger partial charge in [0.15, 0.2) is 0 Å². The lowest BCUT2D eigenvalue weighted by Crippen LogP contribution is -2.37. The van der Waals surface area contributed by atoms with Crippen molar-refractivity contribution >= 4 is 17.7 Å². The van der Waals surface area contributed by atoms with E-state index in [4.69, 9.17) is 9.84 Å². The molecule has 5 heteroatoms. The first-order chi connectivity index (χ1) is 13.4. The van der Waals surface area contributed by atoms with Crippen LogP contribution >= 0.6 is 11.8 Å². The Morgan fingerprint density at radius 2 is 1.71 bits per heavy atom. The van der Waals surface area contributed by atoms with Crippen molar-refractivity contribution in [3.05, 3.63) is 60.2 Å². The highest BCUT2D eigenvalue weighted by molar-refractivity contribution is 7.99. The van der Waals surface area contributed by atoms with Crippen LogP contribution in [0.2, 0.25) is 0 Å². The summed E-state index contributed by atoms with van der Waals surface area (Å²) in [6.07, 6.45) is 3.47. The van der Waals surface area contributed by atoms with Gasteiger partial charge in [-0.2, -0.15) is 11.8 Å². The van der Waals surface area contributed by atoms with Gasteiger partial charge >= 0.3 is 5.97 Å². The number of para-hydroxylation sites is 1. The lowest BCUT2D eigenvalue weighted by molar-refractivity contribution is -0.136. The number of benzene rings is 2. The zero-order chi connectivity index (χ0) is 20.0. The maximum Gasteiger partial charge on any atom is 0.304 e. The Labute approximate surface area is 170 Å². The van der Waals surface area contributed by atoms with E-state index in [-0.39, 0.29) is 11.8 Å². The highest BCUT2D eigenvalue weighted by Gasteiger charge is 2.40. The monoisotopic (exact) mass is 400 g/mol. The van der Waals surface area contributed by atoms with Crippen LogP contribution in [0.25, 0.3) is 0 Å². The Bertz CT molecular complexity index is 782. The molecular formula is C23H28O4S. The smallest absolute Gasteiger partial charge is 0.304 e. The average Bonchev–Trinajstić information content (AvgIpc) is 2.69. The maximum atomic E-state index is 11.3. The topological polar surface area (TPSA) is 66.8 Å². The van der Waals surface area contributed by atoms with Gasteiger partial charge in [-0.1, -0.05) is 37.3 Å². The zero-order valence-corrected chi connectivity index (χ0v) is 17.1. The van der Waals surface area contributed by atoms with Crippen LogP contribution < -0.4 is 4.74 Å². The van der Waals surface area contributed by atoms with Gasteiger partial charge in [-0.15, -0.1) is 0 Å². The second-order valence-electron chi connectivity index (χ2n) is 7.98. The molecule has 0 aromatic heterocycles. The second-order valence-corrected chi connectivity index (χ2v) is 9.09. The van der Waals surface area contributed by atoms with Crippen molar-refractivity contribution in [1.29, 1.82) is 0 Å². The van der Waals surface area contributed by atoms with Crippen molar-refractivity contribution in [2.45, 2.75) is 44.6 Å². The molecule has 0 aliphatic heterocycles. The number of carbonyl (C=O) groups is 1. The molecule has 3 rings (SSSR count). The summed E-state index contributed by atoms with van der Waals surface area (Å²) in [4.78, 5) is 10.7. The standard InChI is InChI=1S/C23H28O4S/c1-22(17-28-15-10-21(24)25)11-13-23(26,14-12-22)18-6-5-9-20(16-18)27-19-7-3-2-4-8-19/h2-9,16,26H,10-15,17H2,1H3,(H,24,25). The third-order valence-corrected chi connectivity index (χ3v) is 6.94. The third kappa shape index (κ3) is 5.52. The van der Waals surface area contributed by atoms with Crippen molar-refractivity contribution in [3.8, 4) is 11.5 Å². The summed E-state index contributed by atoms with van der Waals surface area (Å²) < 4.78 is 5.92. The van der Waals surface area contributed by atoms with Crippen LogP contribution in [-0.2, 0) is 10.4 Å². The van der Waals surface area contributed by atoms with Gasteiger partial charge in [0.25, 0.3) is 0 Å². The van der Waals surface area contributed by atoms with Crippen LogP contribution in [-0.4, -0.2) is 27.7 Å². The summed E-state index contributed by atoms with van der Waals surface area (Å²) >= 11 is 1.70. The Morgan fingerprint density at radius 3 is 2.39 bits per heavy atom. The van der Waals surface area contributed by atoms with Gasteiger partial charge in [-0.05, 0) is 66.7 Å². The van der Waals surface area contributed by atoms with E-state index in [0.717, 1.165) is 35.7 Å². The van der Waals surface area contributed by atoms with E-state index in [1.54, 1.807) is 11.8 Å². The van der Waals surface area contributed by atoms with E-state index in [2.05, 4.69) is 6.92 Å². The average molecular weight is 401 g/mol. The van der Waals surface area contributed by atoms with E-state index in [0.29, 0.717) is 18.6 Å². The number of carboxylic acids is 1. The van der Waals surface area contributed by atoms with E-state index in [9.17, 15) is 9.90 Å². The molecule has 1 aliphatic rings. The van der Waals surface area contributed by atoms with E-state index < -0.39 is 11.6 Å². The molecule has 2 N–H and O–H groups in total. The van der Waals surface area contributed by atoms with Crippen LogP contribution in [0.4, 0.5) is 0 Å². The number of hydrogen-bond acceptors (Lipinski definition) is 4. The Hall–Kier alpha value is -1.98. The molecule has 2 aromatic carbocycles. The fourth-order valence-electron chi connectivity index (χ4n) is 3.65. The Balaban J connectivity index is 1.60. The van der Waals surface area contributed by atoms with Gasteiger partial charge in [0.2, 0.25) is 0 Å². The maximum absolute atomic E-state index is 11.3. The number of aliphatic hydroxyl groups is 1. The van der Waals surface area contributed by atoms with Crippen molar-refractivity contribution in [3.63, 3.8) is 0 Å². The van der Waals surface area contributed by atoms with Gasteiger partial charge in [0.1, 0.15) is 11.5 Å². The van der Waals surface area contributed by atoms with Gasteiger partial charge in [0.05, 0.1) is 12.0 Å². The van der Waals surface area contributed by atoms with Crippen molar-refractivity contribution in [2.24, 2.45) is 5.41 Å².